The smallest absolute Gasteiger partial charge is 0.252 e. The number of hydrogen-bond acceptors (Lipinski definition) is 4. The van der Waals surface area contributed by atoms with Crippen LogP contribution >= 0.6 is 0 Å². The van der Waals surface area contributed by atoms with E-state index in [1.807, 2.05) is 18.2 Å². The predicted octanol–water partition coefficient (Wildman–Crippen LogP) is 2.38. The lowest BCUT2D eigenvalue weighted by atomic mass is 10.1. The lowest BCUT2D eigenvalue weighted by Crippen LogP contribution is -2.23. The maximum Gasteiger partial charge on any atom is 0.252 e. The van der Waals surface area contributed by atoms with Crippen LogP contribution in [-0.4, -0.2) is 26.2 Å². The summed E-state index contributed by atoms with van der Waals surface area (Å²) in [6, 6.07) is 15.7. The minimum Gasteiger partial charge on any atom is -0.493 e. The van der Waals surface area contributed by atoms with Gasteiger partial charge >= 0.3 is 0 Å². The van der Waals surface area contributed by atoms with Crippen molar-refractivity contribution in [2.45, 2.75) is 0 Å². The molecule has 2 aromatic rings. The number of amides is 1. The highest BCUT2D eigenvalue weighted by molar-refractivity contribution is 5.94. The van der Waals surface area contributed by atoms with Crippen molar-refractivity contribution in [1.29, 1.82) is 5.26 Å². The van der Waals surface area contributed by atoms with Crippen molar-refractivity contribution in [1.82, 2.24) is 5.32 Å². The molecule has 0 unspecified atom stereocenters. The first kappa shape index (κ1) is 16.9. The third-order valence-corrected chi connectivity index (χ3v) is 3.11. The first-order valence-corrected chi connectivity index (χ1v) is 7.24. The van der Waals surface area contributed by atoms with Gasteiger partial charge in [0.2, 0.25) is 0 Å². The highest BCUT2D eigenvalue weighted by Crippen LogP contribution is 2.25. The molecule has 5 heteroatoms. The molecule has 0 bridgehead atoms. The minimum atomic E-state index is -0.237. The van der Waals surface area contributed by atoms with Gasteiger partial charge in [-0.3, -0.25) is 4.79 Å². The van der Waals surface area contributed by atoms with Crippen LogP contribution in [-0.2, 0) is 0 Å². The predicted molar refractivity (Wildman–Crippen MR) is 89.8 cm³/mol. The molecule has 5 nitrogen and oxygen atoms in total. The summed E-state index contributed by atoms with van der Waals surface area (Å²) in [6.07, 6.45) is 0. The highest BCUT2D eigenvalue weighted by Gasteiger charge is 2.03. The van der Waals surface area contributed by atoms with E-state index >= 15 is 0 Å². The number of methoxy groups -OCH3 is 1. The van der Waals surface area contributed by atoms with Gasteiger partial charge in [0, 0.05) is 5.56 Å². The van der Waals surface area contributed by atoms with E-state index in [9.17, 15) is 4.79 Å². The number of benzene rings is 2. The SMILES string of the molecule is COc1ccccc1OCC#CCNC(=O)c1ccc(C#N)cc1. The number of carbonyl (C=O) groups excluding carboxylic acids is 1. The molecule has 2 rings (SSSR count). The van der Waals surface area contributed by atoms with E-state index in [0.717, 1.165) is 0 Å². The molecule has 1 amide bonds. The van der Waals surface area contributed by atoms with Crippen molar-refractivity contribution in [3.8, 4) is 29.4 Å². The molecule has 0 spiro atoms. The molecule has 0 radical (unpaired) electrons. The maximum absolute atomic E-state index is 11.9. The normalized spacial score (nSPS) is 9.17. The quantitative estimate of drug-likeness (QED) is 0.859. The van der Waals surface area contributed by atoms with Gasteiger partial charge in [-0.25, -0.2) is 0 Å². The van der Waals surface area contributed by atoms with Crippen LogP contribution in [0.3, 0.4) is 0 Å². The zero-order chi connectivity index (χ0) is 17.2. The van der Waals surface area contributed by atoms with Gasteiger partial charge in [0.1, 0.15) is 6.61 Å². The van der Waals surface area contributed by atoms with Gasteiger partial charge in [0.05, 0.1) is 25.3 Å². The van der Waals surface area contributed by atoms with Crippen molar-refractivity contribution in [2.24, 2.45) is 0 Å². The summed E-state index contributed by atoms with van der Waals surface area (Å²) < 4.78 is 10.7. The number of ether oxygens (including phenoxy) is 2. The molecule has 0 aliphatic heterocycles. The van der Waals surface area contributed by atoms with Crippen LogP contribution in [0.15, 0.2) is 48.5 Å². The monoisotopic (exact) mass is 320 g/mol. The van der Waals surface area contributed by atoms with Gasteiger partial charge in [-0.05, 0) is 36.4 Å². The standard InChI is InChI=1S/C19H16N2O3/c1-23-17-6-2-3-7-18(17)24-13-5-4-12-21-19(22)16-10-8-15(14-20)9-11-16/h2-3,6-11H,12-13H2,1H3,(H,21,22). The third-order valence-electron chi connectivity index (χ3n) is 3.11. The third kappa shape index (κ3) is 4.79. The van der Waals surface area contributed by atoms with E-state index in [1.54, 1.807) is 43.5 Å². The number of carbonyl (C=O) groups is 1. The molecule has 2 aromatic carbocycles. The number of nitriles is 1. The zero-order valence-electron chi connectivity index (χ0n) is 13.2. The summed E-state index contributed by atoms with van der Waals surface area (Å²) in [7, 11) is 1.58. The highest BCUT2D eigenvalue weighted by atomic mass is 16.5. The Kier molecular flexibility index (Phi) is 6.25. The Morgan fingerprint density at radius 2 is 1.79 bits per heavy atom. The fourth-order valence-corrected chi connectivity index (χ4v) is 1.89. The van der Waals surface area contributed by atoms with Crippen LogP contribution in [0.5, 0.6) is 11.5 Å². The van der Waals surface area contributed by atoms with E-state index in [2.05, 4.69) is 17.2 Å². The van der Waals surface area contributed by atoms with E-state index in [4.69, 9.17) is 14.7 Å². The fraction of sp³-hybridized carbons (Fsp3) is 0.158. The van der Waals surface area contributed by atoms with Gasteiger partial charge in [0.25, 0.3) is 5.91 Å². The van der Waals surface area contributed by atoms with Crippen molar-refractivity contribution in [3.05, 3.63) is 59.7 Å². The lowest BCUT2D eigenvalue weighted by molar-refractivity contribution is 0.0958. The number of para-hydroxylation sites is 2. The fourth-order valence-electron chi connectivity index (χ4n) is 1.89. The molecule has 0 aliphatic carbocycles. The van der Waals surface area contributed by atoms with Crippen molar-refractivity contribution in [3.63, 3.8) is 0 Å². The summed E-state index contributed by atoms with van der Waals surface area (Å²) in [4.78, 5) is 11.9. The lowest BCUT2D eigenvalue weighted by Gasteiger charge is -2.07. The molecule has 0 fully saturated rings. The van der Waals surface area contributed by atoms with Crippen LogP contribution in [0.1, 0.15) is 15.9 Å². The number of nitrogens with one attached hydrogen (secondary N) is 1. The molecular formula is C19H16N2O3. The molecule has 0 aliphatic rings. The minimum absolute atomic E-state index is 0.201. The van der Waals surface area contributed by atoms with E-state index < -0.39 is 0 Å². The van der Waals surface area contributed by atoms with Crippen LogP contribution in [0.25, 0.3) is 0 Å². The van der Waals surface area contributed by atoms with Gasteiger partial charge in [-0.1, -0.05) is 24.0 Å². The molecular weight excluding hydrogens is 304 g/mol. The average Bonchev–Trinajstić information content (AvgIpc) is 2.64. The summed E-state index contributed by atoms with van der Waals surface area (Å²) in [6.45, 7) is 0.418. The number of nitrogens with zero attached hydrogens (tertiary/aromatic N) is 1. The first-order chi connectivity index (χ1) is 11.7. The Labute approximate surface area is 140 Å². The van der Waals surface area contributed by atoms with Crippen LogP contribution < -0.4 is 14.8 Å². The Bertz CT molecular complexity index is 796. The summed E-state index contributed by atoms with van der Waals surface area (Å²) in [5, 5.41) is 11.4. The van der Waals surface area contributed by atoms with Gasteiger partial charge < -0.3 is 14.8 Å². The molecule has 1 N–H and O–H groups in total. The van der Waals surface area contributed by atoms with E-state index in [1.165, 1.54) is 0 Å². The topological polar surface area (TPSA) is 71.3 Å². The zero-order valence-corrected chi connectivity index (χ0v) is 13.2. The average molecular weight is 320 g/mol. The summed E-state index contributed by atoms with van der Waals surface area (Å²) in [5.41, 5.74) is 1.00. The number of rotatable bonds is 5. The van der Waals surface area contributed by atoms with E-state index in [0.29, 0.717) is 22.6 Å². The Balaban J connectivity index is 1.77. The second-order valence-corrected chi connectivity index (χ2v) is 4.66. The molecule has 120 valence electrons. The first-order valence-electron chi connectivity index (χ1n) is 7.24. The largest absolute Gasteiger partial charge is 0.493 e. The van der Waals surface area contributed by atoms with Gasteiger partial charge in [-0.2, -0.15) is 5.26 Å². The second kappa shape index (κ2) is 8.87. The van der Waals surface area contributed by atoms with Crippen LogP contribution in [0, 0.1) is 23.2 Å². The van der Waals surface area contributed by atoms with Crippen molar-refractivity contribution in [2.75, 3.05) is 20.3 Å². The Hall–Kier alpha value is -3.44. The molecule has 24 heavy (non-hydrogen) atoms. The molecule has 0 atom stereocenters. The maximum atomic E-state index is 11.9. The van der Waals surface area contributed by atoms with Crippen LogP contribution in [0.4, 0.5) is 0 Å². The molecule has 0 aromatic heterocycles. The second-order valence-electron chi connectivity index (χ2n) is 4.66. The Morgan fingerprint density at radius 3 is 2.46 bits per heavy atom. The van der Waals surface area contributed by atoms with Crippen LogP contribution in [0.2, 0.25) is 0 Å². The molecule has 0 saturated carbocycles. The molecule has 0 heterocycles. The van der Waals surface area contributed by atoms with Crippen molar-refractivity contribution >= 4 is 5.91 Å². The van der Waals surface area contributed by atoms with Gasteiger partial charge in [0.15, 0.2) is 11.5 Å². The summed E-state index contributed by atoms with van der Waals surface area (Å²) >= 11 is 0. The van der Waals surface area contributed by atoms with Gasteiger partial charge in [-0.15, -0.1) is 0 Å². The van der Waals surface area contributed by atoms with Crippen molar-refractivity contribution < 1.29 is 14.3 Å². The molecule has 0 saturated heterocycles. The summed E-state index contributed by atoms with van der Waals surface area (Å²) in [5.74, 6) is 6.67. The number of hydrogen-bond donors (Lipinski definition) is 1. The Morgan fingerprint density at radius 1 is 1.08 bits per heavy atom. The van der Waals surface area contributed by atoms with E-state index in [-0.39, 0.29) is 19.1 Å².